The molecule has 0 aromatic heterocycles. The molecule has 3 rings (SSSR count). The van der Waals surface area contributed by atoms with Crippen LogP contribution >= 0.6 is 0 Å². The number of carbonyl (C=O) groups is 1. The third-order valence-electron chi connectivity index (χ3n) is 4.59. The van der Waals surface area contributed by atoms with Crippen molar-refractivity contribution in [3.63, 3.8) is 0 Å². The quantitative estimate of drug-likeness (QED) is 0.782. The lowest BCUT2D eigenvalue weighted by Gasteiger charge is -2.12. The number of rotatable bonds is 5. The molecular formula is C20H25N3O2. The molecule has 2 aromatic rings. The van der Waals surface area contributed by atoms with Crippen LogP contribution in [0.15, 0.2) is 42.5 Å². The van der Waals surface area contributed by atoms with E-state index in [4.69, 9.17) is 4.74 Å². The summed E-state index contributed by atoms with van der Waals surface area (Å²) in [6, 6.07) is 13.8. The van der Waals surface area contributed by atoms with Gasteiger partial charge in [-0.3, -0.25) is 4.79 Å². The molecule has 0 radical (unpaired) electrons. The molecule has 1 saturated heterocycles. The van der Waals surface area contributed by atoms with Gasteiger partial charge >= 0.3 is 0 Å². The van der Waals surface area contributed by atoms with E-state index in [1.807, 2.05) is 56.3 Å². The number of ether oxygens (including phenoxy) is 1. The van der Waals surface area contributed by atoms with Crippen LogP contribution in [0.5, 0.6) is 5.75 Å². The Bertz CT molecular complexity index is 743. The Morgan fingerprint density at radius 1 is 1.12 bits per heavy atom. The van der Waals surface area contributed by atoms with Crippen molar-refractivity contribution in [1.82, 2.24) is 10.9 Å². The summed E-state index contributed by atoms with van der Waals surface area (Å²) in [4.78, 5) is 12.5. The molecule has 1 fully saturated rings. The van der Waals surface area contributed by atoms with E-state index in [-0.39, 0.29) is 18.0 Å². The maximum Gasteiger partial charge on any atom is 0.242 e. The first-order valence-electron chi connectivity index (χ1n) is 8.68. The van der Waals surface area contributed by atoms with E-state index in [0.29, 0.717) is 13.0 Å². The first kappa shape index (κ1) is 17.5. The van der Waals surface area contributed by atoms with Gasteiger partial charge in [-0.1, -0.05) is 18.2 Å². The average molecular weight is 339 g/mol. The molecule has 0 spiro atoms. The number of aryl methyl sites for hydroxylation is 2. The lowest BCUT2D eigenvalue weighted by molar-refractivity contribution is -0.117. The van der Waals surface area contributed by atoms with Crippen molar-refractivity contribution in [2.45, 2.75) is 39.3 Å². The summed E-state index contributed by atoms with van der Waals surface area (Å²) in [6.45, 7) is 6.73. The van der Waals surface area contributed by atoms with Crippen LogP contribution in [0.1, 0.15) is 36.1 Å². The van der Waals surface area contributed by atoms with Gasteiger partial charge in [0, 0.05) is 11.7 Å². The number of hydrogen-bond donors (Lipinski definition) is 3. The Morgan fingerprint density at radius 3 is 2.56 bits per heavy atom. The molecule has 5 heteroatoms. The van der Waals surface area contributed by atoms with E-state index < -0.39 is 0 Å². The van der Waals surface area contributed by atoms with Crippen LogP contribution in [-0.4, -0.2) is 18.6 Å². The zero-order valence-corrected chi connectivity index (χ0v) is 14.9. The van der Waals surface area contributed by atoms with Crippen molar-refractivity contribution < 1.29 is 9.53 Å². The second kappa shape index (κ2) is 7.68. The maximum atomic E-state index is 12.5. The molecule has 0 aliphatic carbocycles. The van der Waals surface area contributed by atoms with Crippen molar-refractivity contribution in [3.8, 4) is 5.75 Å². The summed E-state index contributed by atoms with van der Waals surface area (Å²) in [5.74, 6) is 0.838. The zero-order chi connectivity index (χ0) is 17.8. The summed E-state index contributed by atoms with van der Waals surface area (Å²) in [7, 11) is 0. The van der Waals surface area contributed by atoms with Gasteiger partial charge in [-0.15, -0.1) is 0 Å². The van der Waals surface area contributed by atoms with Crippen LogP contribution in [-0.2, 0) is 4.79 Å². The van der Waals surface area contributed by atoms with Gasteiger partial charge in [0.15, 0.2) is 0 Å². The molecule has 0 bridgehead atoms. The molecule has 1 aliphatic rings. The fourth-order valence-electron chi connectivity index (χ4n) is 2.96. The highest BCUT2D eigenvalue weighted by atomic mass is 16.5. The van der Waals surface area contributed by atoms with E-state index in [1.165, 1.54) is 11.1 Å². The molecule has 0 saturated carbocycles. The molecule has 25 heavy (non-hydrogen) atoms. The zero-order valence-electron chi connectivity index (χ0n) is 14.9. The van der Waals surface area contributed by atoms with Gasteiger partial charge in [-0.2, -0.15) is 0 Å². The lowest BCUT2D eigenvalue weighted by Crippen LogP contribution is -2.39. The number of nitrogens with one attached hydrogen (secondary N) is 3. The highest BCUT2D eigenvalue weighted by Crippen LogP contribution is 2.25. The summed E-state index contributed by atoms with van der Waals surface area (Å²) in [6.07, 6.45) is 0.699. The predicted molar refractivity (Wildman–Crippen MR) is 99.6 cm³/mol. The average Bonchev–Trinajstić information content (AvgIpc) is 3.09. The van der Waals surface area contributed by atoms with Crippen LogP contribution in [0.4, 0.5) is 5.69 Å². The first-order valence-corrected chi connectivity index (χ1v) is 8.68. The third-order valence-corrected chi connectivity index (χ3v) is 4.59. The second-order valence-corrected chi connectivity index (χ2v) is 6.42. The van der Waals surface area contributed by atoms with Crippen molar-refractivity contribution in [3.05, 3.63) is 59.2 Å². The fraction of sp³-hybridized carbons (Fsp3) is 0.350. The Labute approximate surface area is 148 Å². The highest BCUT2D eigenvalue weighted by Gasteiger charge is 2.30. The molecule has 2 aromatic carbocycles. The second-order valence-electron chi connectivity index (χ2n) is 6.42. The van der Waals surface area contributed by atoms with Gasteiger partial charge in [0.05, 0.1) is 6.61 Å². The maximum absolute atomic E-state index is 12.5. The minimum atomic E-state index is -0.266. The lowest BCUT2D eigenvalue weighted by atomic mass is 10.0. The Morgan fingerprint density at radius 2 is 1.88 bits per heavy atom. The van der Waals surface area contributed by atoms with E-state index in [2.05, 4.69) is 23.1 Å². The number of carbonyl (C=O) groups excluding carboxylic acids is 1. The first-order chi connectivity index (χ1) is 12.1. The minimum Gasteiger partial charge on any atom is -0.494 e. The van der Waals surface area contributed by atoms with Crippen LogP contribution in [0, 0.1) is 13.8 Å². The molecule has 2 atom stereocenters. The van der Waals surface area contributed by atoms with Crippen LogP contribution in [0.2, 0.25) is 0 Å². The van der Waals surface area contributed by atoms with Gasteiger partial charge < -0.3 is 10.1 Å². The molecule has 3 N–H and O–H groups in total. The standard InChI is InChI=1S/C20H25N3O2/c1-4-25-17-9-6-15(7-10-17)18-12-19(23-22-18)20(24)21-16-8-5-13(2)14(3)11-16/h5-11,18-19,22-23H,4,12H2,1-3H3,(H,21,24). The number of benzene rings is 2. The Hall–Kier alpha value is -2.37. The van der Waals surface area contributed by atoms with E-state index in [1.54, 1.807) is 0 Å². The largest absolute Gasteiger partial charge is 0.494 e. The topological polar surface area (TPSA) is 62.4 Å². The van der Waals surface area contributed by atoms with E-state index in [0.717, 1.165) is 17.0 Å². The molecule has 1 heterocycles. The SMILES string of the molecule is CCOc1ccc(C2CC(C(=O)Nc3ccc(C)c(C)c3)NN2)cc1. The monoisotopic (exact) mass is 339 g/mol. The summed E-state index contributed by atoms with van der Waals surface area (Å²) in [5.41, 5.74) is 10.7. The van der Waals surface area contributed by atoms with Crippen molar-refractivity contribution in [2.24, 2.45) is 0 Å². The summed E-state index contributed by atoms with van der Waals surface area (Å²) in [5, 5.41) is 2.99. The number of hydrogen-bond acceptors (Lipinski definition) is 4. The molecule has 2 unspecified atom stereocenters. The van der Waals surface area contributed by atoms with Gasteiger partial charge in [-0.05, 0) is 68.1 Å². The minimum absolute atomic E-state index is 0.0239. The fourth-order valence-corrected chi connectivity index (χ4v) is 2.96. The normalized spacial score (nSPS) is 19.6. The summed E-state index contributed by atoms with van der Waals surface area (Å²) < 4.78 is 5.47. The van der Waals surface area contributed by atoms with Crippen molar-refractivity contribution in [2.75, 3.05) is 11.9 Å². The van der Waals surface area contributed by atoms with Crippen LogP contribution in [0.3, 0.4) is 0 Å². The number of amides is 1. The Balaban J connectivity index is 1.59. The number of hydrazine groups is 1. The predicted octanol–water partition coefficient (Wildman–Crippen LogP) is 3.25. The third kappa shape index (κ3) is 4.18. The summed E-state index contributed by atoms with van der Waals surface area (Å²) >= 11 is 0. The van der Waals surface area contributed by atoms with Crippen LogP contribution < -0.4 is 20.9 Å². The van der Waals surface area contributed by atoms with Gasteiger partial charge in [0.2, 0.25) is 5.91 Å². The molecule has 5 nitrogen and oxygen atoms in total. The van der Waals surface area contributed by atoms with Crippen molar-refractivity contribution >= 4 is 11.6 Å². The highest BCUT2D eigenvalue weighted by molar-refractivity contribution is 5.95. The smallest absolute Gasteiger partial charge is 0.242 e. The van der Waals surface area contributed by atoms with Crippen LogP contribution in [0.25, 0.3) is 0 Å². The molecular weight excluding hydrogens is 314 g/mol. The number of anilines is 1. The molecule has 132 valence electrons. The van der Waals surface area contributed by atoms with E-state index >= 15 is 0 Å². The van der Waals surface area contributed by atoms with Gasteiger partial charge in [-0.25, -0.2) is 10.9 Å². The van der Waals surface area contributed by atoms with Gasteiger partial charge in [0.25, 0.3) is 0 Å². The van der Waals surface area contributed by atoms with Gasteiger partial charge in [0.1, 0.15) is 11.8 Å². The van der Waals surface area contributed by atoms with E-state index in [9.17, 15) is 4.79 Å². The van der Waals surface area contributed by atoms with Crippen molar-refractivity contribution in [1.29, 1.82) is 0 Å². The molecule has 1 amide bonds. The molecule has 1 aliphatic heterocycles. The Kier molecular flexibility index (Phi) is 5.36.